The van der Waals surface area contributed by atoms with Crippen LogP contribution in [0.15, 0.2) is 0 Å². The molecule has 1 saturated heterocycles. The van der Waals surface area contributed by atoms with E-state index in [1.54, 1.807) is 0 Å². The lowest BCUT2D eigenvalue weighted by molar-refractivity contribution is -0.259. The number of ketones is 2. The van der Waals surface area contributed by atoms with Gasteiger partial charge in [-0.15, -0.1) is 0 Å². The molecule has 15 heavy (non-hydrogen) atoms. The number of hydrogen-bond donors (Lipinski definition) is 0. The van der Waals surface area contributed by atoms with Crippen molar-refractivity contribution in [2.45, 2.75) is 32.1 Å². The lowest BCUT2D eigenvalue weighted by Gasteiger charge is -1.99. The Morgan fingerprint density at radius 3 is 1.87 bits per heavy atom. The van der Waals surface area contributed by atoms with Gasteiger partial charge in [-0.3, -0.25) is 9.59 Å². The molecule has 1 aliphatic rings. The van der Waals surface area contributed by atoms with E-state index in [4.69, 9.17) is 0 Å². The van der Waals surface area contributed by atoms with Gasteiger partial charge in [0.1, 0.15) is 0 Å². The third-order valence-corrected chi connectivity index (χ3v) is 1.88. The minimum Gasteiger partial charge on any atom is -0.291 e. The Balaban J connectivity index is 2.59. The van der Waals surface area contributed by atoms with Crippen molar-refractivity contribution in [1.29, 1.82) is 0 Å². The topological polar surface area (TPSA) is 86.7 Å². The molecule has 0 radical (unpaired) electrons. The minimum absolute atomic E-state index is 0.00211. The maximum absolute atomic E-state index is 11.1. The van der Waals surface area contributed by atoms with Crippen molar-refractivity contribution in [1.82, 2.24) is 0 Å². The highest BCUT2D eigenvalue weighted by Crippen LogP contribution is 2.06. The summed E-state index contributed by atoms with van der Waals surface area (Å²) in [5, 5.41) is 0. The van der Waals surface area contributed by atoms with Crippen LogP contribution in [0.4, 0.5) is 0 Å². The Kier molecular flexibility index (Phi) is 3.96. The van der Waals surface area contributed by atoms with Gasteiger partial charge >= 0.3 is 11.9 Å². The van der Waals surface area contributed by atoms with E-state index in [9.17, 15) is 19.2 Å². The van der Waals surface area contributed by atoms with Crippen LogP contribution in [0, 0.1) is 0 Å². The zero-order valence-corrected chi connectivity index (χ0v) is 7.99. The molecule has 0 bridgehead atoms. The van der Waals surface area contributed by atoms with Crippen LogP contribution in [-0.4, -0.2) is 23.5 Å². The van der Waals surface area contributed by atoms with Crippen molar-refractivity contribution in [2.24, 2.45) is 0 Å². The van der Waals surface area contributed by atoms with Gasteiger partial charge in [0, 0.05) is 12.8 Å². The summed E-state index contributed by atoms with van der Waals surface area (Å²) in [5.41, 5.74) is 0. The zero-order chi connectivity index (χ0) is 11.3. The molecule has 0 unspecified atom stereocenters. The second kappa shape index (κ2) is 5.23. The number of rotatable bonds is 0. The molecule has 0 aromatic carbocycles. The van der Waals surface area contributed by atoms with Crippen LogP contribution in [0.2, 0.25) is 0 Å². The number of carbonyl (C=O) groups is 4. The van der Waals surface area contributed by atoms with E-state index in [0.717, 1.165) is 0 Å². The summed E-state index contributed by atoms with van der Waals surface area (Å²) in [7, 11) is 0. The van der Waals surface area contributed by atoms with Crippen LogP contribution in [0.5, 0.6) is 0 Å². The molecule has 1 fully saturated rings. The summed E-state index contributed by atoms with van der Waals surface area (Å²) in [6.07, 6.45) is -0.275. The highest BCUT2D eigenvalue weighted by atomic mass is 17.2. The molecule has 6 nitrogen and oxygen atoms in total. The predicted octanol–water partition coefficient (Wildman–Crippen LogP) is 0.0901. The molecule has 0 N–H and O–H groups in total. The normalized spacial score (nSPS) is 20.3. The molecular formula is C9H10O6. The van der Waals surface area contributed by atoms with Gasteiger partial charge in [-0.05, 0) is 6.42 Å². The van der Waals surface area contributed by atoms with Gasteiger partial charge in [-0.25, -0.2) is 19.4 Å². The predicted molar refractivity (Wildman–Crippen MR) is 45.3 cm³/mol. The van der Waals surface area contributed by atoms with Gasteiger partial charge in [0.05, 0.1) is 12.8 Å². The number of carbonyl (C=O) groups excluding carboxylic acids is 4. The second-order valence-corrected chi connectivity index (χ2v) is 3.11. The van der Waals surface area contributed by atoms with E-state index in [-0.39, 0.29) is 32.1 Å². The first-order valence-corrected chi connectivity index (χ1v) is 4.56. The monoisotopic (exact) mass is 214 g/mol. The van der Waals surface area contributed by atoms with Crippen molar-refractivity contribution in [2.75, 3.05) is 0 Å². The summed E-state index contributed by atoms with van der Waals surface area (Å²) >= 11 is 0. The van der Waals surface area contributed by atoms with E-state index < -0.39 is 23.5 Å². The number of Topliss-reactive ketones (excluding diaryl/α,β-unsaturated/α-hetero) is 2. The fraction of sp³-hybridized carbons (Fsp3) is 0.556. The van der Waals surface area contributed by atoms with Crippen molar-refractivity contribution >= 4 is 23.5 Å². The SMILES string of the molecule is O=C1CCCC(=O)C(=O)CCC(=O)OO1. The summed E-state index contributed by atoms with van der Waals surface area (Å²) in [5.74, 6) is -2.71. The first-order chi connectivity index (χ1) is 7.09. The van der Waals surface area contributed by atoms with Crippen molar-refractivity contribution in [3.8, 4) is 0 Å². The van der Waals surface area contributed by atoms with Crippen LogP contribution in [0.3, 0.4) is 0 Å². The summed E-state index contributed by atoms with van der Waals surface area (Å²) < 4.78 is 0. The van der Waals surface area contributed by atoms with Crippen LogP contribution in [-0.2, 0) is 29.0 Å². The summed E-state index contributed by atoms with van der Waals surface area (Å²) in [4.78, 5) is 52.2. The summed E-state index contributed by atoms with van der Waals surface area (Å²) in [6, 6.07) is 0. The molecule has 0 aromatic heterocycles. The highest BCUT2D eigenvalue weighted by Gasteiger charge is 2.19. The molecule has 82 valence electrons. The quantitative estimate of drug-likeness (QED) is 0.419. The van der Waals surface area contributed by atoms with Gasteiger partial charge in [0.25, 0.3) is 0 Å². The van der Waals surface area contributed by atoms with Gasteiger partial charge in [0.15, 0.2) is 11.6 Å². The Morgan fingerprint density at radius 1 is 0.667 bits per heavy atom. The molecule has 0 spiro atoms. The Bertz CT molecular complexity index is 306. The van der Waals surface area contributed by atoms with Gasteiger partial charge < -0.3 is 0 Å². The summed E-state index contributed by atoms with van der Waals surface area (Å²) in [6.45, 7) is 0. The van der Waals surface area contributed by atoms with E-state index in [2.05, 4.69) is 9.78 Å². The van der Waals surface area contributed by atoms with Crippen LogP contribution in [0.1, 0.15) is 32.1 Å². The molecule has 6 heteroatoms. The minimum atomic E-state index is -0.827. The fourth-order valence-electron chi connectivity index (χ4n) is 1.06. The van der Waals surface area contributed by atoms with E-state index in [1.165, 1.54) is 0 Å². The molecule has 0 saturated carbocycles. The maximum Gasteiger partial charge on any atom is 0.356 e. The lowest BCUT2D eigenvalue weighted by Crippen LogP contribution is -2.15. The van der Waals surface area contributed by atoms with Crippen molar-refractivity contribution < 1.29 is 29.0 Å². The van der Waals surface area contributed by atoms with E-state index >= 15 is 0 Å². The molecular weight excluding hydrogens is 204 g/mol. The maximum atomic E-state index is 11.1. The van der Waals surface area contributed by atoms with E-state index in [1.807, 2.05) is 0 Å². The Morgan fingerprint density at radius 2 is 1.20 bits per heavy atom. The van der Waals surface area contributed by atoms with Crippen LogP contribution < -0.4 is 0 Å². The van der Waals surface area contributed by atoms with Crippen LogP contribution >= 0.6 is 0 Å². The average molecular weight is 214 g/mol. The standard InChI is InChI=1S/C9H10O6/c10-6-2-1-3-8(12)14-15-9(13)5-4-7(6)11/h1-5H2. The second-order valence-electron chi connectivity index (χ2n) is 3.11. The molecule has 0 atom stereocenters. The third-order valence-electron chi connectivity index (χ3n) is 1.88. The Hall–Kier alpha value is -1.72. The van der Waals surface area contributed by atoms with Crippen LogP contribution in [0.25, 0.3) is 0 Å². The van der Waals surface area contributed by atoms with Gasteiger partial charge in [-0.2, -0.15) is 0 Å². The average Bonchev–Trinajstić information content (AvgIpc) is 2.23. The molecule has 0 amide bonds. The largest absolute Gasteiger partial charge is 0.356 e. The fourth-order valence-corrected chi connectivity index (χ4v) is 1.06. The van der Waals surface area contributed by atoms with E-state index in [0.29, 0.717) is 0 Å². The molecule has 1 rings (SSSR count). The number of hydrogen-bond acceptors (Lipinski definition) is 6. The molecule has 0 aromatic rings. The van der Waals surface area contributed by atoms with Gasteiger partial charge in [-0.1, -0.05) is 0 Å². The first-order valence-electron chi connectivity index (χ1n) is 4.56. The van der Waals surface area contributed by atoms with Crippen molar-refractivity contribution in [3.63, 3.8) is 0 Å². The first kappa shape index (κ1) is 11.4. The molecule has 1 aliphatic heterocycles. The van der Waals surface area contributed by atoms with Crippen molar-refractivity contribution in [3.05, 3.63) is 0 Å². The Labute approximate surface area is 85.5 Å². The van der Waals surface area contributed by atoms with Gasteiger partial charge in [0.2, 0.25) is 0 Å². The molecule has 0 aliphatic carbocycles. The third kappa shape index (κ3) is 3.88. The molecule has 1 heterocycles. The zero-order valence-electron chi connectivity index (χ0n) is 7.99. The smallest absolute Gasteiger partial charge is 0.291 e. The lowest BCUT2D eigenvalue weighted by atomic mass is 10.1. The highest BCUT2D eigenvalue weighted by molar-refractivity contribution is 6.37.